The smallest absolute Gasteiger partial charge is 0.267 e. The number of guanidine groups is 1. The molecule has 0 aromatic heterocycles. The van der Waals surface area contributed by atoms with Gasteiger partial charge in [-0.2, -0.15) is 0 Å². The Morgan fingerprint density at radius 1 is 1.35 bits per heavy atom. The van der Waals surface area contributed by atoms with Gasteiger partial charge in [-0.1, -0.05) is 31.4 Å². The number of allylic oxidation sites excluding steroid dienone is 1. The van der Waals surface area contributed by atoms with Crippen molar-refractivity contribution in [2.45, 2.75) is 63.2 Å². The molecule has 3 fully saturated rings. The van der Waals surface area contributed by atoms with Crippen LogP contribution >= 0.6 is 0 Å². The van der Waals surface area contributed by atoms with Gasteiger partial charge in [0, 0.05) is 32.1 Å². The van der Waals surface area contributed by atoms with E-state index in [4.69, 9.17) is 15.5 Å². The molecule has 34 heavy (non-hydrogen) atoms. The number of fused-ring (bicyclic) bond motifs is 2. The zero-order valence-corrected chi connectivity index (χ0v) is 20.3. The van der Waals surface area contributed by atoms with Crippen LogP contribution in [0, 0.1) is 5.92 Å². The third-order valence-electron chi connectivity index (χ3n) is 7.90. The Hall–Kier alpha value is -2.54. The molecule has 8 heteroatoms. The summed E-state index contributed by atoms with van der Waals surface area (Å²) in [5.74, 6) is 0.585. The summed E-state index contributed by atoms with van der Waals surface area (Å²) in [6, 6.07) is 0.0719. The first-order chi connectivity index (χ1) is 16.5. The van der Waals surface area contributed by atoms with Crippen LogP contribution in [0.25, 0.3) is 0 Å². The Morgan fingerprint density at radius 3 is 2.94 bits per heavy atom. The maximum Gasteiger partial charge on any atom is 0.267 e. The molecule has 8 nitrogen and oxygen atoms in total. The minimum Gasteiger partial charge on any atom is -0.379 e. The monoisotopic (exact) mass is 466 g/mol. The number of amides is 1. The topological polar surface area (TPSA) is 95.2 Å². The second-order valence-electron chi connectivity index (χ2n) is 10.3. The molecule has 0 bridgehead atoms. The van der Waals surface area contributed by atoms with Crippen LogP contribution < -0.4 is 16.4 Å². The van der Waals surface area contributed by atoms with Gasteiger partial charge in [0.2, 0.25) is 0 Å². The molecule has 1 spiro atoms. The third-order valence-corrected chi connectivity index (χ3v) is 7.90. The summed E-state index contributed by atoms with van der Waals surface area (Å²) in [7, 11) is 0. The average molecular weight is 467 g/mol. The van der Waals surface area contributed by atoms with Crippen molar-refractivity contribution in [3.05, 3.63) is 41.3 Å². The highest BCUT2D eigenvalue weighted by atomic mass is 16.5. The van der Waals surface area contributed by atoms with Gasteiger partial charge in [0.05, 0.1) is 24.8 Å². The SMILES string of the molecule is CC1C=C2C(=O)NCC3(CCCC3)N2C1N=C(N)NC1C=C=CC=C(CN2CCOCC2)CC1. The fraction of sp³-hybridized carbons (Fsp3) is 0.654. The number of nitrogens with one attached hydrogen (secondary N) is 2. The Bertz CT molecular complexity index is 935. The van der Waals surface area contributed by atoms with Gasteiger partial charge in [-0.15, -0.1) is 5.73 Å². The Kier molecular flexibility index (Phi) is 6.82. The van der Waals surface area contributed by atoms with Crippen LogP contribution in [0.2, 0.25) is 0 Å². The van der Waals surface area contributed by atoms with Crippen LogP contribution in [-0.4, -0.2) is 78.8 Å². The molecular formula is C26H38N6O2. The number of carbonyl (C=O) groups excluding carboxylic acids is 1. The number of nitrogens with zero attached hydrogens (tertiary/aromatic N) is 3. The lowest BCUT2D eigenvalue weighted by molar-refractivity contribution is -0.123. The van der Waals surface area contributed by atoms with Crippen LogP contribution in [0.3, 0.4) is 0 Å². The van der Waals surface area contributed by atoms with E-state index < -0.39 is 0 Å². The number of aliphatic imine (C=N–C) groups is 1. The van der Waals surface area contributed by atoms with E-state index in [2.05, 4.69) is 45.2 Å². The number of rotatable bonds is 4. The highest BCUT2D eigenvalue weighted by molar-refractivity contribution is 5.94. The molecule has 1 amide bonds. The van der Waals surface area contributed by atoms with Gasteiger partial charge in [-0.3, -0.25) is 9.69 Å². The highest BCUT2D eigenvalue weighted by Gasteiger charge is 2.52. The van der Waals surface area contributed by atoms with Gasteiger partial charge in [-0.25, -0.2) is 4.99 Å². The fourth-order valence-electron chi connectivity index (χ4n) is 6.07. The van der Waals surface area contributed by atoms with Crippen molar-refractivity contribution >= 4 is 11.9 Å². The summed E-state index contributed by atoms with van der Waals surface area (Å²) in [5, 5.41) is 6.54. The molecule has 0 aromatic rings. The van der Waals surface area contributed by atoms with E-state index in [9.17, 15) is 4.79 Å². The summed E-state index contributed by atoms with van der Waals surface area (Å²) >= 11 is 0. The zero-order valence-electron chi connectivity index (χ0n) is 20.3. The van der Waals surface area contributed by atoms with Gasteiger partial charge in [0.15, 0.2) is 5.96 Å². The van der Waals surface area contributed by atoms with E-state index in [1.54, 1.807) is 0 Å². The van der Waals surface area contributed by atoms with E-state index >= 15 is 0 Å². The van der Waals surface area contributed by atoms with Gasteiger partial charge in [0.1, 0.15) is 11.9 Å². The molecule has 2 saturated heterocycles. The molecule has 0 aromatic carbocycles. The second-order valence-corrected chi connectivity index (χ2v) is 10.3. The summed E-state index contributed by atoms with van der Waals surface area (Å²) in [6.45, 7) is 7.42. The number of hydrogen-bond donors (Lipinski definition) is 3. The number of hydrogen-bond acceptors (Lipinski definition) is 5. The molecule has 3 atom stereocenters. The molecule has 5 aliphatic rings. The molecule has 5 rings (SSSR count). The van der Waals surface area contributed by atoms with Crippen molar-refractivity contribution < 1.29 is 9.53 Å². The van der Waals surface area contributed by atoms with E-state index in [0.717, 1.165) is 64.2 Å². The van der Waals surface area contributed by atoms with Crippen molar-refractivity contribution in [2.75, 3.05) is 39.4 Å². The Morgan fingerprint density at radius 2 is 2.15 bits per heavy atom. The van der Waals surface area contributed by atoms with E-state index in [1.165, 1.54) is 18.4 Å². The molecule has 4 N–H and O–H groups in total. The first-order valence-corrected chi connectivity index (χ1v) is 12.8. The number of nitrogens with two attached hydrogens (primary N) is 1. The summed E-state index contributed by atoms with van der Waals surface area (Å²) in [4.78, 5) is 22.3. The maximum atomic E-state index is 12.6. The molecule has 3 heterocycles. The Balaban J connectivity index is 1.24. The second kappa shape index (κ2) is 9.98. The van der Waals surface area contributed by atoms with E-state index in [0.29, 0.717) is 12.5 Å². The van der Waals surface area contributed by atoms with Crippen molar-refractivity contribution in [2.24, 2.45) is 16.6 Å². The van der Waals surface area contributed by atoms with Crippen LogP contribution in [0.4, 0.5) is 0 Å². The van der Waals surface area contributed by atoms with Crippen LogP contribution in [0.15, 0.2) is 46.3 Å². The predicted octanol–water partition coefficient (Wildman–Crippen LogP) is 1.63. The van der Waals surface area contributed by atoms with Gasteiger partial charge in [-0.05, 0) is 43.9 Å². The standard InChI is InChI=1S/C26H38N6O2/c1-19-16-22-24(33)28-18-26(10-4-5-11-26)32(22)23(19)30-25(27)29-21-7-3-2-6-20(8-9-21)17-31-12-14-34-15-13-31/h2,6-7,16,19,21,23H,4-5,8-15,17-18H2,1H3,(H,28,33)(H3,27,29,30). The molecule has 0 radical (unpaired) electrons. The number of carbonyl (C=O) groups is 1. The van der Waals surface area contributed by atoms with Crippen molar-refractivity contribution in [1.82, 2.24) is 20.4 Å². The first-order valence-electron chi connectivity index (χ1n) is 12.8. The van der Waals surface area contributed by atoms with E-state index in [1.807, 2.05) is 12.2 Å². The molecule has 2 aliphatic carbocycles. The molecule has 3 aliphatic heterocycles. The maximum absolute atomic E-state index is 12.6. The first kappa shape index (κ1) is 23.2. The number of piperazine rings is 1. The van der Waals surface area contributed by atoms with Crippen LogP contribution in [-0.2, 0) is 9.53 Å². The summed E-state index contributed by atoms with van der Waals surface area (Å²) in [5.41, 5.74) is 11.9. The molecule has 3 unspecified atom stereocenters. The lowest BCUT2D eigenvalue weighted by atomic mass is 9.91. The van der Waals surface area contributed by atoms with Crippen LogP contribution in [0.1, 0.15) is 45.4 Å². The lowest BCUT2D eigenvalue weighted by Gasteiger charge is -2.48. The van der Waals surface area contributed by atoms with Crippen molar-refractivity contribution in [1.29, 1.82) is 0 Å². The quantitative estimate of drug-likeness (QED) is 0.331. The summed E-state index contributed by atoms with van der Waals surface area (Å²) in [6.07, 6.45) is 14.7. The van der Waals surface area contributed by atoms with Crippen LogP contribution in [0.5, 0.6) is 0 Å². The number of morpholine rings is 1. The van der Waals surface area contributed by atoms with Gasteiger partial charge >= 0.3 is 0 Å². The minimum absolute atomic E-state index is 0.0151. The summed E-state index contributed by atoms with van der Waals surface area (Å²) < 4.78 is 5.47. The van der Waals surface area contributed by atoms with Crippen molar-refractivity contribution in [3.63, 3.8) is 0 Å². The van der Waals surface area contributed by atoms with E-state index in [-0.39, 0.29) is 29.6 Å². The zero-order chi connectivity index (χ0) is 23.5. The van der Waals surface area contributed by atoms with Crippen molar-refractivity contribution in [3.8, 4) is 0 Å². The highest BCUT2D eigenvalue weighted by Crippen LogP contribution is 2.45. The molecular weight excluding hydrogens is 428 g/mol. The lowest BCUT2D eigenvalue weighted by Crippen LogP contribution is -2.62. The molecule has 1 saturated carbocycles. The number of ether oxygens (including phenoxy) is 1. The average Bonchev–Trinajstić information content (AvgIpc) is 3.42. The molecule has 184 valence electrons. The fourth-order valence-corrected chi connectivity index (χ4v) is 6.07. The van der Waals surface area contributed by atoms with Gasteiger partial charge in [0.25, 0.3) is 5.91 Å². The predicted molar refractivity (Wildman–Crippen MR) is 133 cm³/mol. The normalized spacial score (nSPS) is 31.6. The van der Waals surface area contributed by atoms with Gasteiger partial charge < -0.3 is 26.0 Å². The Labute approximate surface area is 202 Å². The largest absolute Gasteiger partial charge is 0.379 e. The third kappa shape index (κ3) is 4.81. The minimum atomic E-state index is -0.142.